The summed E-state index contributed by atoms with van der Waals surface area (Å²) in [5, 5.41) is 11.0. The summed E-state index contributed by atoms with van der Waals surface area (Å²) in [4.78, 5) is 4.28. The first kappa shape index (κ1) is 12.0. The summed E-state index contributed by atoms with van der Waals surface area (Å²) in [6.45, 7) is 3.76. The Bertz CT molecular complexity index is 469. The maximum atomic E-state index is 4.28. The van der Waals surface area contributed by atoms with E-state index in [-0.39, 0.29) is 0 Å². The van der Waals surface area contributed by atoms with Gasteiger partial charge in [-0.2, -0.15) is 0 Å². The van der Waals surface area contributed by atoms with Gasteiger partial charge in [0.2, 0.25) is 0 Å². The van der Waals surface area contributed by atoms with Crippen molar-refractivity contribution in [3.05, 3.63) is 34.7 Å². The summed E-state index contributed by atoms with van der Waals surface area (Å²) in [5.41, 5.74) is 1.18. The van der Waals surface area contributed by atoms with Gasteiger partial charge in [-0.05, 0) is 40.9 Å². The van der Waals surface area contributed by atoms with Crippen LogP contribution in [0.15, 0.2) is 29.1 Å². The number of nitrogens with one attached hydrogen (secondary N) is 1. The van der Waals surface area contributed by atoms with Crippen LogP contribution in [0.25, 0.3) is 0 Å². The molecule has 0 aliphatic carbocycles. The smallest absolute Gasteiger partial charge is 0.140 e. The van der Waals surface area contributed by atoms with E-state index >= 15 is 0 Å². The lowest BCUT2D eigenvalue weighted by Crippen LogP contribution is -2.08. The van der Waals surface area contributed by atoms with Crippen LogP contribution in [0.4, 0.5) is 5.82 Å². The lowest BCUT2D eigenvalue weighted by atomic mass is 10.3. The first-order valence-electron chi connectivity index (χ1n) is 5.46. The van der Waals surface area contributed by atoms with Gasteiger partial charge in [-0.3, -0.25) is 4.68 Å². The zero-order valence-corrected chi connectivity index (χ0v) is 11.2. The Morgan fingerprint density at radius 1 is 1.41 bits per heavy atom. The van der Waals surface area contributed by atoms with Gasteiger partial charge in [0, 0.05) is 25.5 Å². The van der Waals surface area contributed by atoms with E-state index in [4.69, 9.17) is 0 Å². The van der Waals surface area contributed by atoms with E-state index in [2.05, 4.69) is 36.5 Å². The van der Waals surface area contributed by atoms with Crippen molar-refractivity contribution in [2.24, 2.45) is 0 Å². The van der Waals surface area contributed by atoms with Crippen LogP contribution in [0, 0.1) is 6.92 Å². The molecule has 0 radical (unpaired) electrons. The minimum atomic E-state index is 0.856. The minimum absolute atomic E-state index is 0.856. The number of hydrogen-bond acceptors (Lipinski definition) is 4. The number of hydrogen-bond donors (Lipinski definition) is 1. The molecule has 2 heterocycles. The van der Waals surface area contributed by atoms with E-state index in [1.54, 1.807) is 12.4 Å². The molecule has 0 bridgehead atoms. The Labute approximate surface area is 108 Å². The highest BCUT2D eigenvalue weighted by Gasteiger charge is 2.02. The van der Waals surface area contributed by atoms with Crippen molar-refractivity contribution in [3.8, 4) is 0 Å². The van der Waals surface area contributed by atoms with Crippen molar-refractivity contribution in [2.45, 2.75) is 19.9 Å². The highest BCUT2D eigenvalue weighted by molar-refractivity contribution is 9.10. The monoisotopic (exact) mass is 295 g/mol. The minimum Gasteiger partial charge on any atom is -0.369 e. The normalized spacial score (nSPS) is 10.5. The van der Waals surface area contributed by atoms with Crippen molar-refractivity contribution in [1.82, 2.24) is 20.0 Å². The Morgan fingerprint density at radius 2 is 2.29 bits per heavy atom. The van der Waals surface area contributed by atoms with Crippen LogP contribution in [0.5, 0.6) is 0 Å². The molecule has 5 nitrogen and oxygen atoms in total. The fraction of sp³-hybridized carbons (Fsp3) is 0.364. The second-order valence-corrected chi connectivity index (χ2v) is 4.53. The molecule has 0 unspecified atom stereocenters. The van der Waals surface area contributed by atoms with E-state index in [0.29, 0.717) is 0 Å². The molecular weight excluding hydrogens is 282 g/mol. The quantitative estimate of drug-likeness (QED) is 0.860. The average Bonchev–Trinajstić information content (AvgIpc) is 2.83. The molecular formula is C11H14BrN5. The molecule has 17 heavy (non-hydrogen) atoms. The summed E-state index contributed by atoms with van der Waals surface area (Å²) in [7, 11) is 0. The van der Waals surface area contributed by atoms with Crippen LogP contribution < -0.4 is 5.32 Å². The van der Waals surface area contributed by atoms with Crippen LogP contribution in [-0.4, -0.2) is 26.5 Å². The molecule has 0 fully saturated rings. The van der Waals surface area contributed by atoms with E-state index < -0.39 is 0 Å². The topological polar surface area (TPSA) is 55.6 Å². The van der Waals surface area contributed by atoms with Gasteiger partial charge in [0.15, 0.2) is 0 Å². The van der Waals surface area contributed by atoms with Gasteiger partial charge in [-0.1, -0.05) is 5.21 Å². The predicted octanol–water partition coefficient (Wildman–Crippen LogP) is 2.25. The average molecular weight is 296 g/mol. The maximum absolute atomic E-state index is 4.28. The Kier molecular flexibility index (Phi) is 4.08. The molecule has 0 saturated heterocycles. The summed E-state index contributed by atoms with van der Waals surface area (Å²) in [6.07, 6.45) is 6.33. The molecule has 0 aliphatic heterocycles. The summed E-state index contributed by atoms with van der Waals surface area (Å²) < 4.78 is 2.85. The molecule has 2 rings (SSSR count). The lowest BCUT2D eigenvalue weighted by molar-refractivity contribution is 0.569. The third kappa shape index (κ3) is 3.26. The van der Waals surface area contributed by atoms with Crippen LogP contribution in [0.3, 0.4) is 0 Å². The number of rotatable bonds is 5. The summed E-state index contributed by atoms with van der Waals surface area (Å²) >= 11 is 3.52. The fourth-order valence-electron chi connectivity index (χ4n) is 1.46. The van der Waals surface area contributed by atoms with Gasteiger partial charge >= 0.3 is 0 Å². The van der Waals surface area contributed by atoms with Crippen LogP contribution >= 0.6 is 15.9 Å². The van der Waals surface area contributed by atoms with E-state index in [1.807, 2.05) is 23.9 Å². The zero-order chi connectivity index (χ0) is 12.1. The Hall–Kier alpha value is -1.43. The molecule has 2 aromatic heterocycles. The summed E-state index contributed by atoms with van der Waals surface area (Å²) in [5.74, 6) is 0.892. The Morgan fingerprint density at radius 3 is 3.06 bits per heavy atom. The van der Waals surface area contributed by atoms with Gasteiger partial charge in [-0.25, -0.2) is 4.98 Å². The van der Waals surface area contributed by atoms with E-state index in [1.165, 1.54) is 5.56 Å². The van der Waals surface area contributed by atoms with Gasteiger partial charge in [0.05, 0.1) is 10.7 Å². The molecule has 0 amide bonds. The van der Waals surface area contributed by atoms with Gasteiger partial charge < -0.3 is 5.32 Å². The van der Waals surface area contributed by atoms with Crippen molar-refractivity contribution in [3.63, 3.8) is 0 Å². The van der Waals surface area contributed by atoms with E-state index in [0.717, 1.165) is 29.8 Å². The third-order valence-electron chi connectivity index (χ3n) is 2.41. The fourth-order valence-corrected chi connectivity index (χ4v) is 1.84. The highest BCUT2D eigenvalue weighted by atomic mass is 79.9. The number of aryl methyl sites for hydroxylation is 2. The SMILES string of the molecule is Cc1ccnc(NCCCn2ccnn2)c1Br. The standard InChI is InChI=1S/C11H14BrN5/c1-9-3-5-14-11(10(9)12)13-4-2-7-17-8-6-15-16-17/h3,5-6,8H,2,4,7H2,1H3,(H,13,14). The van der Waals surface area contributed by atoms with Crippen molar-refractivity contribution in [1.29, 1.82) is 0 Å². The maximum Gasteiger partial charge on any atom is 0.140 e. The molecule has 0 spiro atoms. The second kappa shape index (κ2) is 5.77. The number of nitrogens with zero attached hydrogens (tertiary/aromatic N) is 4. The molecule has 1 N–H and O–H groups in total. The molecule has 6 heteroatoms. The highest BCUT2D eigenvalue weighted by Crippen LogP contribution is 2.22. The molecule has 0 aromatic carbocycles. The van der Waals surface area contributed by atoms with Gasteiger partial charge in [0.25, 0.3) is 0 Å². The predicted molar refractivity (Wildman–Crippen MR) is 69.8 cm³/mol. The zero-order valence-electron chi connectivity index (χ0n) is 9.60. The number of aromatic nitrogens is 4. The molecule has 90 valence electrons. The van der Waals surface area contributed by atoms with Gasteiger partial charge in [0.1, 0.15) is 5.82 Å². The Balaban J connectivity index is 1.80. The van der Waals surface area contributed by atoms with Crippen LogP contribution in [0.2, 0.25) is 0 Å². The second-order valence-electron chi connectivity index (χ2n) is 3.74. The molecule has 0 saturated carbocycles. The van der Waals surface area contributed by atoms with Crippen LogP contribution in [0.1, 0.15) is 12.0 Å². The molecule has 2 aromatic rings. The van der Waals surface area contributed by atoms with Crippen molar-refractivity contribution >= 4 is 21.7 Å². The van der Waals surface area contributed by atoms with E-state index in [9.17, 15) is 0 Å². The number of halogens is 1. The number of pyridine rings is 1. The first-order valence-corrected chi connectivity index (χ1v) is 6.26. The first-order chi connectivity index (χ1) is 8.27. The van der Waals surface area contributed by atoms with Crippen LogP contribution in [-0.2, 0) is 6.54 Å². The summed E-state index contributed by atoms with van der Waals surface area (Å²) in [6, 6.07) is 1.98. The van der Waals surface area contributed by atoms with Crippen molar-refractivity contribution < 1.29 is 0 Å². The lowest BCUT2D eigenvalue weighted by Gasteiger charge is -2.08. The largest absolute Gasteiger partial charge is 0.369 e. The molecule has 0 atom stereocenters. The number of anilines is 1. The molecule has 0 aliphatic rings. The van der Waals surface area contributed by atoms with Gasteiger partial charge in [-0.15, -0.1) is 5.10 Å². The van der Waals surface area contributed by atoms with Crippen molar-refractivity contribution in [2.75, 3.05) is 11.9 Å². The third-order valence-corrected chi connectivity index (χ3v) is 3.41.